The molecule has 8 heteroatoms. The number of thioether (sulfide) groups is 1. The highest BCUT2D eigenvalue weighted by Gasteiger charge is 2.61. The molecule has 1 N–H and O–H groups in total. The van der Waals surface area contributed by atoms with Gasteiger partial charge in [-0.1, -0.05) is 44.8 Å². The molecular weight excluding hydrogens is 338 g/mol. The molecule has 0 aromatic heterocycles. The largest absolute Gasteiger partial charge is 0.479 e. The number of nitrogens with zero attached hydrogens (tertiary/aromatic N) is 1. The molecule has 2 aliphatic heterocycles. The van der Waals surface area contributed by atoms with Crippen LogP contribution in [0.1, 0.15) is 27.7 Å². The first-order valence-electron chi connectivity index (χ1n) is 7.32. The van der Waals surface area contributed by atoms with E-state index in [1.54, 1.807) is 0 Å². The second kappa shape index (κ2) is 5.57. The fourth-order valence-electron chi connectivity index (χ4n) is 2.58. The van der Waals surface area contributed by atoms with Crippen LogP contribution in [0.5, 0.6) is 0 Å². The van der Waals surface area contributed by atoms with Gasteiger partial charge in [0.2, 0.25) is 5.91 Å². The van der Waals surface area contributed by atoms with E-state index in [1.807, 2.05) is 6.92 Å². The van der Waals surface area contributed by atoms with Crippen LogP contribution in [0.2, 0.25) is 18.1 Å². The SMILES string of the molecule is C[C@@H](O[Si](C)(C)C(C)(C)C)[C@H]1C(=O)N2C(C(=O)O)C(=S)S[C@H]12. The summed E-state index contributed by atoms with van der Waals surface area (Å²) >= 11 is 6.44. The fraction of sp³-hybridized carbons (Fsp3) is 0.786. The maximum Gasteiger partial charge on any atom is 0.332 e. The predicted molar refractivity (Wildman–Crippen MR) is 93.5 cm³/mol. The normalized spacial score (nSPS) is 30.1. The molecule has 2 fully saturated rings. The predicted octanol–water partition coefficient (Wildman–Crippen LogP) is 2.71. The lowest BCUT2D eigenvalue weighted by Crippen LogP contribution is -2.65. The van der Waals surface area contributed by atoms with Crippen molar-refractivity contribution in [2.45, 2.75) is 63.3 Å². The average Bonchev–Trinajstić information content (AvgIpc) is 2.60. The van der Waals surface area contributed by atoms with Crippen molar-refractivity contribution >= 4 is 48.4 Å². The maximum atomic E-state index is 12.4. The van der Waals surface area contributed by atoms with Crippen molar-refractivity contribution in [1.82, 2.24) is 4.90 Å². The Morgan fingerprint density at radius 3 is 2.45 bits per heavy atom. The Bertz CT molecular complexity index is 531. The van der Waals surface area contributed by atoms with Gasteiger partial charge in [-0.25, -0.2) is 4.79 Å². The van der Waals surface area contributed by atoms with Crippen molar-refractivity contribution < 1.29 is 19.1 Å². The molecule has 2 heterocycles. The van der Waals surface area contributed by atoms with E-state index in [4.69, 9.17) is 16.6 Å². The first kappa shape index (κ1) is 17.9. The van der Waals surface area contributed by atoms with Gasteiger partial charge in [-0.3, -0.25) is 4.79 Å². The van der Waals surface area contributed by atoms with Gasteiger partial charge in [-0.2, -0.15) is 0 Å². The van der Waals surface area contributed by atoms with Crippen molar-refractivity contribution in [3.63, 3.8) is 0 Å². The zero-order valence-electron chi connectivity index (χ0n) is 13.7. The summed E-state index contributed by atoms with van der Waals surface area (Å²) in [5.41, 5.74) is 0. The van der Waals surface area contributed by atoms with Crippen molar-refractivity contribution in [1.29, 1.82) is 0 Å². The number of carboxylic acid groups (broad SMARTS) is 1. The van der Waals surface area contributed by atoms with Gasteiger partial charge in [0.25, 0.3) is 0 Å². The fourth-order valence-corrected chi connectivity index (χ4v) is 5.92. The molecule has 1 unspecified atom stereocenters. The van der Waals surface area contributed by atoms with E-state index in [0.29, 0.717) is 4.20 Å². The minimum atomic E-state index is -1.97. The summed E-state index contributed by atoms with van der Waals surface area (Å²) in [6, 6.07) is -0.964. The van der Waals surface area contributed by atoms with Crippen LogP contribution >= 0.6 is 24.0 Å². The Morgan fingerprint density at radius 2 is 2.00 bits per heavy atom. The highest BCUT2D eigenvalue weighted by molar-refractivity contribution is 8.24. The van der Waals surface area contributed by atoms with E-state index < -0.39 is 20.3 Å². The number of carboxylic acids is 1. The third-order valence-electron chi connectivity index (χ3n) is 4.89. The van der Waals surface area contributed by atoms with Crippen LogP contribution in [0.15, 0.2) is 0 Å². The minimum absolute atomic E-state index is 0.0649. The third-order valence-corrected chi connectivity index (χ3v) is 11.2. The first-order chi connectivity index (χ1) is 9.88. The van der Waals surface area contributed by atoms with Crippen molar-refractivity contribution in [3.05, 3.63) is 0 Å². The Labute approximate surface area is 141 Å². The van der Waals surface area contributed by atoms with Gasteiger partial charge in [0.15, 0.2) is 14.4 Å². The molecule has 2 rings (SSSR count). The van der Waals surface area contributed by atoms with Crippen LogP contribution in [0.25, 0.3) is 0 Å². The molecule has 5 nitrogen and oxygen atoms in total. The van der Waals surface area contributed by atoms with Gasteiger partial charge in [0.1, 0.15) is 0 Å². The number of hydrogen-bond acceptors (Lipinski definition) is 5. The smallest absolute Gasteiger partial charge is 0.332 e. The van der Waals surface area contributed by atoms with Crippen LogP contribution in [-0.2, 0) is 14.0 Å². The number of hydrogen-bond donors (Lipinski definition) is 1. The van der Waals surface area contributed by atoms with E-state index in [0.717, 1.165) is 0 Å². The molecule has 22 heavy (non-hydrogen) atoms. The lowest BCUT2D eigenvalue weighted by Gasteiger charge is -2.48. The quantitative estimate of drug-likeness (QED) is 0.472. The van der Waals surface area contributed by atoms with Crippen molar-refractivity contribution in [2.24, 2.45) is 5.92 Å². The Morgan fingerprint density at radius 1 is 1.45 bits per heavy atom. The average molecular weight is 362 g/mol. The van der Waals surface area contributed by atoms with Gasteiger partial charge in [-0.15, -0.1) is 0 Å². The summed E-state index contributed by atoms with van der Waals surface area (Å²) in [6.07, 6.45) is -0.225. The molecule has 0 saturated carbocycles. The Balaban J connectivity index is 2.12. The first-order valence-corrected chi connectivity index (χ1v) is 11.5. The molecule has 4 atom stereocenters. The summed E-state index contributed by atoms with van der Waals surface area (Å²) in [5, 5.41) is 9.09. The number of thiocarbonyl (C=S) groups is 1. The van der Waals surface area contributed by atoms with Gasteiger partial charge < -0.3 is 14.4 Å². The molecule has 0 radical (unpaired) electrons. The summed E-state index contributed by atoms with van der Waals surface area (Å²) in [4.78, 5) is 25.1. The van der Waals surface area contributed by atoms with Gasteiger partial charge in [0.05, 0.1) is 21.6 Å². The standard InChI is InChI=1S/C14H23NO4S2Si/c1-7(19-22(5,6)14(2,3)4)8-10(16)15-9(12(17)18)13(20)21-11(8)15/h7-9,11H,1-6H3,(H,17,18)/t7-,8+,9?,11-/m1/s1. The minimum Gasteiger partial charge on any atom is -0.479 e. The zero-order chi connectivity index (χ0) is 17.0. The highest BCUT2D eigenvalue weighted by atomic mass is 32.2. The monoisotopic (exact) mass is 361 g/mol. The molecule has 1 amide bonds. The lowest BCUT2D eigenvalue weighted by atomic mass is 9.91. The highest BCUT2D eigenvalue weighted by Crippen LogP contribution is 2.48. The molecule has 2 aliphatic rings. The number of rotatable bonds is 4. The van der Waals surface area contributed by atoms with Crippen LogP contribution in [-0.4, -0.2) is 51.9 Å². The van der Waals surface area contributed by atoms with Gasteiger partial charge in [0, 0.05) is 0 Å². The summed E-state index contributed by atoms with van der Waals surface area (Å²) in [5.74, 6) is -1.51. The molecule has 0 spiro atoms. The van der Waals surface area contributed by atoms with Crippen LogP contribution in [0.3, 0.4) is 0 Å². The van der Waals surface area contributed by atoms with E-state index >= 15 is 0 Å². The van der Waals surface area contributed by atoms with E-state index in [9.17, 15) is 14.7 Å². The molecule has 0 bridgehead atoms. The van der Waals surface area contributed by atoms with Crippen LogP contribution in [0, 0.1) is 5.92 Å². The second-order valence-corrected chi connectivity index (χ2v) is 14.0. The Hall–Kier alpha value is -0.443. The van der Waals surface area contributed by atoms with Crippen LogP contribution in [0.4, 0.5) is 0 Å². The van der Waals surface area contributed by atoms with Crippen molar-refractivity contribution in [3.8, 4) is 0 Å². The molecule has 0 aliphatic carbocycles. The van der Waals surface area contributed by atoms with Gasteiger partial charge in [-0.05, 0) is 25.1 Å². The Kier molecular flexibility index (Phi) is 4.54. The molecule has 2 saturated heterocycles. The van der Waals surface area contributed by atoms with E-state index in [-0.39, 0.29) is 28.3 Å². The van der Waals surface area contributed by atoms with Gasteiger partial charge >= 0.3 is 5.97 Å². The summed E-state index contributed by atoms with van der Waals surface area (Å²) in [7, 11) is -1.97. The number of carbonyl (C=O) groups is 2. The van der Waals surface area contributed by atoms with E-state index in [2.05, 4.69) is 33.9 Å². The molecule has 0 aromatic carbocycles. The number of carbonyl (C=O) groups excluding carboxylic acids is 1. The van der Waals surface area contributed by atoms with E-state index in [1.165, 1.54) is 16.7 Å². The van der Waals surface area contributed by atoms with Crippen LogP contribution < -0.4 is 0 Å². The number of β-lactam (4-membered cyclic amide) rings is 1. The molecular formula is C14H23NO4S2Si. The second-order valence-electron chi connectivity index (χ2n) is 7.42. The number of fused-ring (bicyclic) bond motifs is 1. The lowest BCUT2D eigenvalue weighted by molar-refractivity contribution is -0.164. The number of aliphatic carboxylic acids is 1. The number of amides is 1. The summed E-state index contributed by atoms with van der Waals surface area (Å²) < 4.78 is 6.67. The third kappa shape index (κ3) is 2.74. The summed E-state index contributed by atoms with van der Waals surface area (Å²) in [6.45, 7) is 12.7. The van der Waals surface area contributed by atoms with Crippen molar-refractivity contribution in [2.75, 3.05) is 0 Å². The zero-order valence-corrected chi connectivity index (χ0v) is 16.4. The maximum absolute atomic E-state index is 12.4. The topological polar surface area (TPSA) is 66.8 Å². The molecule has 0 aromatic rings. The molecule has 124 valence electrons.